The Hall–Kier alpha value is -1.51. The van der Waals surface area contributed by atoms with Gasteiger partial charge in [-0.1, -0.05) is 20.8 Å². The molecule has 1 fully saturated rings. The number of likely N-dealkylation sites (tertiary alicyclic amines) is 1. The van der Waals surface area contributed by atoms with E-state index < -0.39 is 0 Å². The number of carbonyl (C=O) groups is 1. The fourth-order valence-corrected chi connectivity index (χ4v) is 3.26. The van der Waals surface area contributed by atoms with E-state index in [9.17, 15) is 4.79 Å². The van der Waals surface area contributed by atoms with E-state index in [1.54, 1.807) is 0 Å². The summed E-state index contributed by atoms with van der Waals surface area (Å²) in [4.78, 5) is 14.7. The normalized spacial score (nSPS) is 20.2. The fraction of sp³-hybridized carbons (Fsp3) is 0.611. The molecule has 2 N–H and O–H groups in total. The molecule has 1 aromatic rings. The van der Waals surface area contributed by atoms with Crippen LogP contribution in [0.1, 0.15) is 56.0 Å². The minimum atomic E-state index is 0.155. The molecule has 3 heteroatoms. The van der Waals surface area contributed by atoms with Crippen molar-refractivity contribution in [2.24, 2.45) is 11.3 Å². The third-order valence-corrected chi connectivity index (χ3v) is 4.72. The molecule has 1 unspecified atom stereocenters. The Bertz CT molecular complexity index is 516. The van der Waals surface area contributed by atoms with E-state index in [-0.39, 0.29) is 5.91 Å². The first kappa shape index (κ1) is 15.9. The zero-order valence-electron chi connectivity index (χ0n) is 13.8. The van der Waals surface area contributed by atoms with Gasteiger partial charge in [-0.25, -0.2) is 0 Å². The summed E-state index contributed by atoms with van der Waals surface area (Å²) in [6.07, 6.45) is 3.42. The van der Waals surface area contributed by atoms with Gasteiger partial charge >= 0.3 is 0 Å². The summed E-state index contributed by atoms with van der Waals surface area (Å²) in [5.74, 6) is 0.852. The van der Waals surface area contributed by atoms with Crippen molar-refractivity contribution in [3.8, 4) is 0 Å². The second kappa shape index (κ2) is 6.08. The molecule has 21 heavy (non-hydrogen) atoms. The van der Waals surface area contributed by atoms with Gasteiger partial charge < -0.3 is 10.6 Å². The zero-order valence-corrected chi connectivity index (χ0v) is 13.8. The van der Waals surface area contributed by atoms with Crippen molar-refractivity contribution in [1.29, 1.82) is 0 Å². The highest BCUT2D eigenvalue weighted by Gasteiger charge is 2.29. The predicted molar refractivity (Wildman–Crippen MR) is 88.3 cm³/mol. The monoisotopic (exact) mass is 288 g/mol. The van der Waals surface area contributed by atoms with Gasteiger partial charge in [-0.3, -0.25) is 4.79 Å². The van der Waals surface area contributed by atoms with Gasteiger partial charge in [-0.05, 0) is 61.3 Å². The number of carbonyl (C=O) groups excluding carboxylic acids is 1. The Morgan fingerprint density at radius 2 is 1.95 bits per heavy atom. The number of amides is 1. The maximum absolute atomic E-state index is 12.7. The van der Waals surface area contributed by atoms with E-state index in [0.29, 0.717) is 17.0 Å². The largest absolute Gasteiger partial charge is 0.399 e. The number of aryl methyl sites for hydroxylation is 1. The lowest BCUT2D eigenvalue weighted by atomic mass is 9.77. The Morgan fingerprint density at radius 3 is 2.57 bits per heavy atom. The molecule has 2 rings (SSSR count). The van der Waals surface area contributed by atoms with Crippen LogP contribution in [0.3, 0.4) is 0 Å². The lowest BCUT2D eigenvalue weighted by Gasteiger charge is -2.29. The maximum Gasteiger partial charge on any atom is 0.254 e. The second-order valence-corrected chi connectivity index (χ2v) is 7.36. The molecule has 1 atom stereocenters. The van der Waals surface area contributed by atoms with E-state index >= 15 is 0 Å². The number of nitrogens with zero attached hydrogens (tertiary/aromatic N) is 1. The molecule has 3 nitrogen and oxygen atoms in total. The average Bonchev–Trinajstić information content (AvgIpc) is 2.63. The third-order valence-electron chi connectivity index (χ3n) is 4.72. The first-order chi connectivity index (χ1) is 9.79. The molecule has 0 spiro atoms. The first-order valence-electron chi connectivity index (χ1n) is 7.94. The van der Waals surface area contributed by atoms with Crippen molar-refractivity contribution in [2.75, 3.05) is 18.8 Å². The van der Waals surface area contributed by atoms with Crippen molar-refractivity contribution >= 4 is 11.6 Å². The molecule has 0 aliphatic carbocycles. The van der Waals surface area contributed by atoms with Crippen molar-refractivity contribution in [1.82, 2.24) is 4.90 Å². The quantitative estimate of drug-likeness (QED) is 0.797. The zero-order chi connectivity index (χ0) is 15.6. The number of benzene rings is 1. The molecular weight excluding hydrogens is 260 g/mol. The topological polar surface area (TPSA) is 46.3 Å². The van der Waals surface area contributed by atoms with Crippen LogP contribution in [0.25, 0.3) is 0 Å². The molecule has 0 saturated carbocycles. The summed E-state index contributed by atoms with van der Waals surface area (Å²) in [5.41, 5.74) is 8.58. The molecule has 0 radical (unpaired) electrons. The highest BCUT2D eigenvalue weighted by molar-refractivity contribution is 5.96. The number of hydrogen-bond acceptors (Lipinski definition) is 2. The van der Waals surface area contributed by atoms with Crippen LogP contribution in [0.15, 0.2) is 18.2 Å². The number of nitrogen functional groups attached to an aromatic ring is 1. The van der Waals surface area contributed by atoms with Crippen molar-refractivity contribution < 1.29 is 4.79 Å². The van der Waals surface area contributed by atoms with Gasteiger partial charge in [-0.2, -0.15) is 0 Å². The van der Waals surface area contributed by atoms with E-state index in [4.69, 9.17) is 5.73 Å². The summed E-state index contributed by atoms with van der Waals surface area (Å²) in [7, 11) is 0. The van der Waals surface area contributed by atoms with Gasteiger partial charge in [0.15, 0.2) is 0 Å². The van der Waals surface area contributed by atoms with Crippen LogP contribution < -0.4 is 5.73 Å². The van der Waals surface area contributed by atoms with Crippen LogP contribution in [0.2, 0.25) is 0 Å². The van der Waals surface area contributed by atoms with Crippen LogP contribution in [-0.2, 0) is 0 Å². The maximum atomic E-state index is 12.7. The van der Waals surface area contributed by atoms with Crippen LogP contribution in [0.5, 0.6) is 0 Å². The Morgan fingerprint density at radius 1 is 1.24 bits per heavy atom. The Labute approximate surface area is 128 Å². The Kier molecular flexibility index (Phi) is 4.60. The lowest BCUT2D eigenvalue weighted by molar-refractivity contribution is 0.0755. The summed E-state index contributed by atoms with van der Waals surface area (Å²) >= 11 is 0. The molecule has 1 saturated heterocycles. The van der Waals surface area contributed by atoms with Crippen molar-refractivity contribution in [2.45, 2.75) is 47.0 Å². The second-order valence-electron chi connectivity index (χ2n) is 7.36. The lowest BCUT2D eigenvalue weighted by Crippen LogP contribution is -2.33. The summed E-state index contributed by atoms with van der Waals surface area (Å²) in [6, 6.07) is 5.55. The van der Waals surface area contributed by atoms with E-state index in [1.165, 1.54) is 6.42 Å². The minimum absolute atomic E-state index is 0.155. The highest BCUT2D eigenvalue weighted by Crippen LogP contribution is 2.34. The molecule has 116 valence electrons. The summed E-state index contributed by atoms with van der Waals surface area (Å²) in [6.45, 7) is 10.6. The van der Waals surface area contributed by atoms with Crippen LogP contribution >= 0.6 is 0 Å². The van der Waals surface area contributed by atoms with Gasteiger partial charge in [0, 0.05) is 24.3 Å². The van der Waals surface area contributed by atoms with E-state index in [2.05, 4.69) is 20.8 Å². The fourth-order valence-electron chi connectivity index (χ4n) is 3.26. The van der Waals surface area contributed by atoms with Crippen molar-refractivity contribution in [3.05, 3.63) is 29.3 Å². The molecular formula is C18H28N2O. The Balaban J connectivity index is 2.10. The summed E-state index contributed by atoms with van der Waals surface area (Å²) in [5, 5.41) is 0. The summed E-state index contributed by atoms with van der Waals surface area (Å²) < 4.78 is 0. The van der Waals surface area contributed by atoms with Gasteiger partial charge in [-0.15, -0.1) is 0 Å². The average molecular weight is 288 g/mol. The van der Waals surface area contributed by atoms with Gasteiger partial charge in [0.1, 0.15) is 0 Å². The minimum Gasteiger partial charge on any atom is -0.399 e. The molecule has 0 aromatic heterocycles. The SMILES string of the molecule is Cc1cc(N)ccc1C(=O)N1CCCC(C(C)(C)C)CC1. The van der Waals surface area contributed by atoms with Gasteiger partial charge in [0.2, 0.25) is 0 Å². The molecule has 0 bridgehead atoms. The van der Waals surface area contributed by atoms with Crippen molar-refractivity contribution in [3.63, 3.8) is 0 Å². The number of anilines is 1. The molecule has 1 amide bonds. The number of hydrogen-bond donors (Lipinski definition) is 1. The van der Waals surface area contributed by atoms with Gasteiger partial charge in [0.25, 0.3) is 5.91 Å². The molecule has 1 aromatic carbocycles. The molecule has 1 heterocycles. The number of rotatable bonds is 1. The van der Waals surface area contributed by atoms with Crippen LogP contribution in [0, 0.1) is 18.3 Å². The third kappa shape index (κ3) is 3.78. The standard InChI is InChI=1S/C18H28N2O/c1-13-12-15(19)7-8-16(13)17(21)20-10-5-6-14(9-11-20)18(2,3)4/h7-8,12,14H,5-6,9-11,19H2,1-4H3. The molecule has 1 aliphatic rings. The number of nitrogens with two attached hydrogens (primary N) is 1. The predicted octanol–water partition coefficient (Wildman–Crippen LogP) is 3.87. The van der Waals surface area contributed by atoms with E-state index in [1.807, 2.05) is 30.0 Å². The van der Waals surface area contributed by atoms with E-state index in [0.717, 1.165) is 37.1 Å². The smallest absolute Gasteiger partial charge is 0.254 e. The highest BCUT2D eigenvalue weighted by atomic mass is 16.2. The van der Waals surface area contributed by atoms with Crippen LogP contribution in [0.4, 0.5) is 5.69 Å². The van der Waals surface area contributed by atoms with Gasteiger partial charge in [0.05, 0.1) is 0 Å². The van der Waals surface area contributed by atoms with Crippen LogP contribution in [-0.4, -0.2) is 23.9 Å². The first-order valence-corrected chi connectivity index (χ1v) is 7.94. The molecule has 1 aliphatic heterocycles.